The molecule has 1 saturated heterocycles. The monoisotopic (exact) mass is 341 g/mol. The van der Waals surface area contributed by atoms with Crippen molar-refractivity contribution in [1.29, 1.82) is 5.26 Å². The molecule has 0 bridgehead atoms. The third-order valence-corrected chi connectivity index (χ3v) is 4.22. The summed E-state index contributed by atoms with van der Waals surface area (Å²) in [4.78, 5) is 6.68. The van der Waals surface area contributed by atoms with Crippen LogP contribution in [0.1, 0.15) is 17.2 Å². The number of morpholine rings is 1. The molecule has 7 nitrogen and oxygen atoms in total. The zero-order valence-electron chi connectivity index (χ0n) is 14.7. The number of nitriles is 1. The maximum atomic E-state index is 8.80. The summed E-state index contributed by atoms with van der Waals surface area (Å²) in [5, 5.41) is 13.2. The van der Waals surface area contributed by atoms with Gasteiger partial charge in [0, 0.05) is 19.6 Å². The van der Waals surface area contributed by atoms with Gasteiger partial charge in [-0.3, -0.25) is 4.90 Å². The molecule has 1 atom stereocenters. The van der Waals surface area contributed by atoms with E-state index in [-0.39, 0.29) is 6.10 Å². The number of rotatable bonds is 6. The van der Waals surface area contributed by atoms with Crippen molar-refractivity contribution in [2.45, 2.75) is 26.5 Å². The molecule has 1 aliphatic rings. The summed E-state index contributed by atoms with van der Waals surface area (Å²) >= 11 is 0. The zero-order chi connectivity index (χ0) is 17.6. The summed E-state index contributed by atoms with van der Waals surface area (Å²) < 4.78 is 13.5. The Labute approximate surface area is 147 Å². The minimum absolute atomic E-state index is 0.114. The minimum atomic E-state index is 0.114. The topological polar surface area (TPSA) is 76.2 Å². The SMILES string of the molecule is Cc1nc(C)n(C[C@H]2CN(CCOc3ccc(C#N)cc3)CCO2)n1. The van der Waals surface area contributed by atoms with Crippen molar-refractivity contribution in [2.75, 3.05) is 32.8 Å². The Morgan fingerprint density at radius 3 is 2.80 bits per heavy atom. The summed E-state index contributed by atoms with van der Waals surface area (Å²) in [6, 6.07) is 9.30. The van der Waals surface area contributed by atoms with Gasteiger partial charge in [0.15, 0.2) is 0 Å². The fourth-order valence-corrected chi connectivity index (χ4v) is 2.94. The molecule has 2 aromatic rings. The second kappa shape index (κ2) is 8.10. The van der Waals surface area contributed by atoms with E-state index in [4.69, 9.17) is 14.7 Å². The second-order valence-electron chi connectivity index (χ2n) is 6.17. The molecule has 1 fully saturated rings. The molecule has 132 valence electrons. The van der Waals surface area contributed by atoms with Gasteiger partial charge in [0.05, 0.1) is 30.9 Å². The molecule has 0 amide bonds. The molecule has 25 heavy (non-hydrogen) atoms. The highest BCUT2D eigenvalue weighted by Crippen LogP contribution is 2.12. The van der Waals surface area contributed by atoms with Gasteiger partial charge in [-0.1, -0.05) is 0 Å². The molecule has 1 aromatic carbocycles. The van der Waals surface area contributed by atoms with Crippen LogP contribution in [0.5, 0.6) is 5.75 Å². The highest BCUT2D eigenvalue weighted by Gasteiger charge is 2.21. The molecular formula is C18H23N5O2. The lowest BCUT2D eigenvalue weighted by atomic mass is 10.2. The van der Waals surface area contributed by atoms with Crippen LogP contribution in [0.2, 0.25) is 0 Å². The van der Waals surface area contributed by atoms with E-state index >= 15 is 0 Å². The van der Waals surface area contributed by atoms with Crippen LogP contribution in [0.4, 0.5) is 0 Å². The molecule has 0 saturated carbocycles. The Hall–Kier alpha value is -2.43. The zero-order valence-corrected chi connectivity index (χ0v) is 14.7. The van der Waals surface area contributed by atoms with E-state index in [9.17, 15) is 0 Å². The van der Waals surface area contributed by atoms with Gasteiger partial charge in [-0.2, -0.15) is 10.4 Å². The van der Waals surface area contributed by atoms with E-state index < -0.39 is 0 Å². The molecule has 0 spiro atoms. The summed E-state index contributed by atoms with van der Waals surface area (Å²) in [5.74, 6) is 2.50. The fourth-order valence-electron chi connectivity index (χ4n) is 2.94. The molecule has 2 heterocycles. The Morgan fingerprint density at radius 2 is 2.12 bits per heavy atom. The molecular weight excluding hydrogens is 318 g/mol. The number of ether oxygens (including phenoxy) is 2. The van der Waals surface area contributed by atoms with Gasteiger partial charge in [-0.15, -0.1) is 0 Å². The number of aryl methyl sites for hydroxylation is 2. The van der Waals surface area contributed by atoms with Gasteiger partial charge in [0.25, 0.3) is 0 Å². The van der Waals surface area contributed by atoms with Crippen molar-refractivity contribution in [3.8, 4) is 11.8 Å². The first-order valence-corrected chi connectivity index (χ1v) is 8.49. The first-order chi connectivity index (χ1) is 12.1. The first kappa shape index (κ1) is 17.4. The van der Waals surface area contributed by atoms with Crippen LogP contribution in [-0.4, -0.2) is 58.6 Å². The standard InChI is InChI=1S/C18H23N5O2/c1-14-20-15(2)23(21-14)13-18-12-22(8-10-25-18)7-9-24-17-5-3-16(11-19)4-6-17/h3-6,18H,7-10,12-13H2,1-2H3/t18-/m1/s1. The van der Waals surface area contributed by atoms with Crippen LogP contribution in [0.3, 0.4) is 0 Å². The molecule has 0 N–H and O–H groups in total. The summed E-state index contributed by atoms with van der Waals surface area (Å²) in [7, 11) is 0. The van der Waals surface area contributed by atoms with Crippen molar-refractivity contribution in [3.05, 3.63) is 41.5 Å². The Bertz CT molecular complexity index is 735. The van der Waals surface area contributed by atoms with Crippen LogP contribution < -0.4 is 4.74 Å². The summed E-state index contributed by atoms with van der Waals surface area (Å²) in [6.07, 6.45) is 0.114. The number of benzene rings is 1. The quantitative estimate of drug-likeness (QED) is 0.793. The van der Waals surface area contributed by atoms with E-state index in [1.54, 1.807) is 12.1 Å². The lowest BCUT2D eigenvalue weighted by Crippen LogP contribution is -2.45. The van der Waals surface area contributed by atoms with Crippen LogP contribution in [0.15, 0.2) is 24.3 Å². The van der Waals surface area contributed by atoms with Gasteiger partial charge < -0.3 is 9.47 Å². The average molecular weight is 341 g/mol. The van der Waals surface area contributed by atoms with Crippen molar-refractivity contribution in [1.82, 2.24) is 19.7 Å². The van der Waals surface area contributed by atoms with Gasteiger partial charge >= 0.3 is 0 Å². The average Bonchev–Trinajstić information content (AvgIpc) is 2.93. The largest absolute Gasteiger partial charge is 0.492 e. The van der Waals surface area contributed by atoms with E-state index in [1.807, 2.05) is 30.7 Å². The normalized spacial score (nSPS) is 18.0. The van der Waals surface area contributed by atoms with Crippen LogP contribution in [0, 0.1) is 25.2 Å². The van der Waals surface area contributed by atoms with E-state index in [0.29, 0.717) is 18.8 Å². The third-order valence-electron chi connectivity index (χ3n) is 4.22. The lowest BCUT2D eigenvalue weighted by Gasteiger charge is -2.32. The van der Waals surface area contributed by atoms with Crippen molar-refractivity contribution >= 4 is 0 Å². The number of aromatic nitrogens is 3. The predicted molar refractivity (Wildman–Crippen MR) is 92.3 cm³/mol. The van der Waals surface area contributed by atoms with Crippen molar-refractivity contribution in [3.63, 3.8) is 0 Å². The number of hydrogen-bond acceptors (Lipinski definition) is 6. The van der Waals surface area contributed by atoms with Gasteiger partial charge in [0.2, 0.25) is 0 Å². The van der Waals surface area contributed by atoms with E-state index in [2.05, 4.69) is 21.1 Å². The Morgan fingerprint density at radius 1 is 1.32 bits per heavy atom. The van der Waals surface area contributed by atoms with Crippen molar-refractivity contribution in [2.24, 2.45) is 0 Å². The highest BCUT2D eigenvalue weighted by atomic mass is 16.5. The van der Waals surface area contributed by atoms with Gasteiger partial charge in [0.1, 0.15) is 24.0 Å². The maximum absolute atomic E-state index is 8.80. The smallest absolute Gasteiger partial charge is 0.147 e. The summed E-state index contributed by atoms with van der Waals surface area (Å²) in [5.41, 5.74) is 0.641. The Balaban J connectivity index is 1.45. The van der Waals surface area contributed by atoms with Gasteiger partial charge in [-0.05, 0) is 38.1 Å². The van der Waals surface area contributed by atoms with Crippen LogP contribution in [-0.2, 0) is 11.3 Å². The van der Waals surface area contributed by atoms with Gasteiger partial charge in [-0.25, -0.2) is 9.67 Å². The van der Waals surface area contributed by atoms with Crippen molar-refractivity contribution < 1.29 is 9.47 Å². The second-order valence-corrected chi connectivity index (χ2v) is 6.17. The van der Waals surface area contributed by atoms with E-state index in [0.717, 1.165) is 43.6 Å². The maximum Gasteiger partial charge on any atom is 0.147 e. The number of nitrogens with zero attached hydrogens (tertiary/aromatic N) is 5. The molecule has 0 unspecified atom stereocenters. The molecule has 3 rings (SSSR count). The number of hydrogen-bond donors (Lipinski definition) is 0. The van der Waals surface area contributed by atoms with Crippen LogP contribution >= 0.6 is 0 Å². The molecule has 1 aliphatic heterocycles. The van der Waals surface area contributed by atoms with E-state index in [1.165, 1.54) is 0 Å². The Kier molecular flexibility index (Phi) is 5.64. The summed E-state index contributed by atoms with van der Waals surface area (Å²) in [6.45, 7) is 8.52. The molecule has 0 radical (unpaired) electrons. The highest BCUT2D eigenvalue weighted by molar-refractivity contribution is 5.34. The predicted octanol–water partition coefficient (Wildman–Crippen LogP) is 1.55. The molecule has 0 aliphatic carbocycles. The van der Waals surface area contributed by atoms with Crippen LogP contribution in [0.25, 0.3) is 0 Å². The first-order valence-electron chi connectivity index (χ1n) is 8.49. The fraction of sp³-hybridized carbons (Fsp3) is 0.500. The minimum Gasteiger partial charge on any atom is -0.492 e. The molecule has 7 heteroatoms. The third kappa shape index (κ3) is 4.78. The lowest BCUT2D eigenvalue weighted by molar-refractivity contribution is -0.0404. The molecule has 1 aromatic heterocycles.